The highest BCUT2D eigenvalue weighted by Gasteiger charge is 2.21. The number of morpholine rings is 1. The molecule has 3 rings (SSSR count). The van der Waals surface area contributed by atoms with Gasteiger partial charge in [0.25, 0.3) is 0 Å². The first-order chi connectivity index (χ1) is 15.0. The number of amides is 1. The average molecular weight is 559 g/mol. The van der Waals surface area contributed by atoms with Crippen LogP contribution >= 0.6 is 24.0 Å². The topological polar surface area (TPSA) is 81.2 Å². The minimum absolute atomic E-state index is 0. The lowest BCUT2D eigenvalue weighted by Crippen LogP contribution is -2.50. The maximum atomic E-state index is 11.6. The van der Waals surface area contributed by atoms with Gasteiger partial charge in [0.05, 0.1) is 25.8 Å². The van der Waals surface area contributed by atoms with Gasteiger partial charge in [-0.15, -0.1) is 24.0 Å². The predicted molar refractivity (Wildman–Crippen MR) is 141 cm³/mol. The zero-order chi connectivity index (χ0) is 22.1. The molecule has 2 aliphatic rings. The molecule has 3 N–H and O–H groups in total. The molecule has 0 spiro atoms. The Labute approximate surface area is 209 Å². The van der Waals surface area contributed by atoms with Crippen molar-refractivity contribution >= 4 is 41.5 Å². The molecule has 0 radical (unpaired) electrons. The van der Waals surface area contributed by atoms with Crippen LogP contribution in [0.1, 0.15) is 26.3 Å². The number of anilines is 1. The number of rotatable bonds is 8. The van der Waals surface area contributed by atoms with Crippen molar-refractivity contribution in [3.8, 4) is 0 Å². The molecule has 9 heteroatoms. The Hall–Kier alpha value is -1.59. The number of carbonyl (C=O) groups excluding carboxylic acids is 1. The highest BCUT2D eigenvalue weighted by Crippen LogP contribution is 2.16. The highest BCUT2D eigenvalue weighted by atomic mass is 127. The van der Waals surface area contributed by atoms with Crippen LogP contribution in [0.4, 0.5) is 5.69 Å². The van der Waals surface area contributed by atoms with E-state index in [4.69, 9.17) is 9.73 Å². The van der Waals surface area contributed by atoms with Gasteiger partial charge in [-0.3, -0.25) is 9.69 Å². The number of guanidine groups is 1. The third kappa shape index (κ3) is 8.74. The van der Waals surface area contributed by atoms with Gasteiger partial charge in [-0.1, -0.05) is 26.0 Å². The second-order valence-corrected chi connectivity index (χ2v) is 8.66. The molecule has 2 aliphatic heterocycles. The van der Waals surface area contributed by atoms with Crippen LogP contribution in [0.2, 0.25) is 0 Å². The van der Waals surface area contributed by atoms with E-state index < -0.39 is 0 Å². The first-order valence-corrected chi connectivity index (χ1v) is 11.5. The fourth-order valence-electron chi connectivity index (χ4n) is 3.98. The lowest BCUT2D eigenvalue weighted by Gasteiger charge is -2.34. The number of carbonyl (C=O) groups is 1. The van der Waals surface area contributed by atoms with Crippen LogP contribution < -0.4 is 20.9 Å². The van der Waals surface area contributed by atoms with Crippen molar-refractivity contribution in [2.24, 2.45) is 10.9 Å². The molecule has 2 saturated heterocycles. The average Bonchev–Trinajstić information content (AvgIpc) is 2.76. The second kappa shape index (κ2) is 13.8. The van der Waals surface area contributed by atoms with Gasteiger partial charge in [0.2, 0.25) is 5.91 Å². The first kappa shape index (κ1) is 26.7. The summed E-state index contributed by atoms with van der Waals surface area (Å²) in [6, 6.07) is 8.32. The Bertz CT molecular complexity index is 728. The zero-order valence-electron chi connectivity index (χ0n) is 19.6. The van der Waals surface area contributed by atoms with E-state index in [2.05, 4.69) is 70.8 Å². The summed E-state index contributed by atoms with van der Waals surface area (Å²) < 4.78 is 5.94. The normalized spacial score (nSPS) is 20.0. The summed E-state index contributed by atoms with van der Waals surface area (Å²) in [6.07, 6.45) is 0.178. The molecule has 1 atom stereocenters. The molecule has 0 saturated carbocycles. The molecule has 2 fully saturated rings. The van der Waals surface area contributed by atoms with Crippen LogP contribution in [0, 0.1) is 5.92 Å². The van der Waals surface area contributed by atoms with Crippen molar-refractivity contribution in [3.63, 3.8) is 0 Å². The van der Waals surface area contributed by atoms with Crippen LogP contribution in [0.15, 0.2) is 29.3 Å². The number of ether oxygens (including phenoxy) is 1. The van der Waals surface area contributed by atoms with Gasteiger partial charge in [0.15, 0.2) is 5.96 Å². The van der Waals surface area contributed by atoms with Crippen LogP contribution in [-0.2, 0) is 16.1 Å². The number of benzene rings is 1. The molecule has 0 bridgehead atoms. The summed E-state index contributed by atoms with van der Waals surface area (Å²) in [5.74, 6) is 1.56. The minimum atomic E-state index is 0. The van der Waals surface area contributed by atoms with Crippen LogP contribution in [0.3, 0.4) is 0 Å². The minimum Gasteiger partial charge on any atom is -0.374 e. The number of piperazine rings is 1. The quantitative estimate of drug-likeness (QED) is 0.256. The lowest BCUT2D eigenvalue weighted by atomic mass is 10.2. The fraction of sp³-hybridized carbons (Fsp3) is 0.652. The van der Waals surface area contributed by atoms with Gasteiger partial charge in [0, 0.05) is 51.5 Å². The molecule has 1 amide bonds. The summed E-state index contributed by atoms with van der Waals surface area (Å²) >= 11 is 0. The van der Waals surface area contributed by atoms with E-state index in [1.54, 1.807) is 0 Å². The Balaban J connectivity index is 0.00000363. The third-order valence-corrected chi connectivity index (χ3v) is 5.45. The van der Waals surface area contributed by atoms with E-state index >= 15 is 0 Å². The number of halogens is 1. The van der Waals surface area contributed by atoms with E-state index in [1.165, 1.54) is 0 Å². The summed E-state index contributed by atoms with van der Waals surface area (Å²) in [7, 11) is 0. The van der Waals surface area contributed by atoms with Crippen LogP contribution in [-0.4, -0.2) is 81.8 Å². The van der Waals surface area contributed by atoms with Crippen molar-refractivity contribution in [1.82, 2.24) is 20.9 Å². The molecule has 1 unspecified atom stereocenters. The smallest absolute Gasteiger partial charge is 0.239 e. The maximum absolute atomic E-state index is 11.6. The molecule has 180 valence electrons. The van der Waals surface area contributed by atoms with E-state index in [9.17, 15) is 4.79 Å². The van der Waals surface area contributed by atoms with E-state index in [-0.39, 0.29) is 36.0 Å². The first-order valence-electron chi connectivity index (χ1n) is 11.5. The number of nitrogens with one attached hydrogen (secondary N) is 3. The molecular weight excluding hydrogens is 519 g/mol. The van der Waals surface area contributed by atoms with Crippen LogP contribution in [0.25, 0.3) is 0 Å². The van der Waals surface area contributed by atoms with Crippen molar-refractivity contribution in [2.75, 3.05) is 63.9 Å². The van der Waals surface area contributed by atoms with Crippen molar-refractivity contribution in [3.05, 3.63) is 29.8 Å². The molecular formula is C23H39IN6O2. The van der Waals surface area contributed by atoms with E-state index in [1.807, 2.05) is 0 Å². The molecule has 0 aliphatic carbocycles. The molecule has 32 heavy (non-hydrogen) atoms. The van der Waals surface area contributed by atoms with Gasteiger partial charge in [-0.25, -0.2) is 4.99 Å². The summed E-state index contributed by atoms with van der Waals surface area (Å²) in [6.45, 7) is 14.6. The second-order valence-electron chi connectivity index (χ2n) is 8.66. The SMILES string of the molecule is CCNC(=NCc1ccc(N2CCNC(=O)C2)cc1)NCC1CN(CC(C)C)CCO1.I. The monoisotopic (exact) mass is 558 g/mol. The molecule has 8 nitrogen and oxygen atoms in total. The number of aliphatic imine (C=N–C) groups is 1. The van der Waals surface area contributed by atoms with Gasteiger partial charge in [-0.05, 0) is 30.5 Å². The summed E-state index contributed by atoms with van der Waals surface area (Å²) in [5, 5.41) is 9.62. The number of nitrogens with zero attached hydrogens (tertiary/aromatic N) is 3. The molecule has 2 heterocycles. The van der Waals surface area contributed by atoms with Gasteiger partial charge < -0.3 is 25.6 Å². The van der Waals surface area contributed by atoms with Gasteiger partial charge in [0.1, 0.15) is 0 Å². The fourth-order valence-corrected chi connectivity index (χ4v) is 3.98. The number of hydrogen-bond acceptors (Lipinski definition) is 5. The Morgan fingerprint density at radius 3 is 2.72 bits per heavy atom. The lowest BCUT2D eigenvalue weighted by molar-refractivity contribution is -0.120. The predicted octanol–water partition coefficient (Wildman–Crippen LogP) is 1.65. The standard InChI is InChI=1S/C23H38N6O2.HI/c1-4-24-23(27-14-21-16-28(11-12-31-21)15-18(2)3)26-13-19-5-7-20(8-6-19)29-10-9-25-22(30)17-29;/h5-8,18,21H,4,9-17H2,1-3H3,(H,25,30)(H2,24,26,27);1H. The Morgan fingerprint density at radius 1 is 1.25 bits per heavy atom. The zero-order valence-corrected chi connectivity index (χ0v) is 21.9. The highest BCUT2D eigenvalue weighted by molar-refractivity contribution is 14.0. The van der Waals surface area contributed by atoms with Crippen molar-refractivity contribution in [2.45, 2.75) is 33.4 Å². The van der Waals surface area contributed by atoms with Gasteiger partial charge >= 0.3 is 0 Å². The Morgan fingerprint density at radius 2 is 2.03 bits per heavy atom. The summed E-state index contributed by atoms with van der Waals surface area (Å²) in [4.78, 5) is 20.9. The Kier molecular flexibility index (Phi) is 11.5. The van der Waals surface area contributed by atoms with Crippen LogP contribution in [0.5, 0.6) is 0 Å². The molecule has 1 aromatic rings. The maximum Gasteiger partial charge on any atom is 0.239 e. The summed E-state index contributed by atoms with van der Waals surface area (Å²) in [5.41, 5.74) is 2.22. The van der Waals surface area contributed by atoms with E-state index in [0.29, 0.717) is 25.6 Å². The van der Waals surface area contributed by atoms with Gasteiger partial charge in [-0.2, -0.15) is 0 Å². The number of hydrogen-bond donors (Lipinski definition) is 3. The van der Waals surface area contributed by atoms with E-state index in [0.717, 1.165) is 63.1 Å². The largest absolute Gasteiger partial charge is 0.374 e. The van der Waals surface area contributed by atoms with Crippen molar-refractivity contribution < 1.29 is 9.53 Å². The third-order valence-electron chi connectivity index (χ3n) is 5.45. The van der Waals surface area contributed by atoms with Crippen molar-refractivity contribution in [1.29, 1.82) is 0 Å². The molecule has 1 aromatic carbocycles. The molecule has 0 aromatic heterocycles.